The zero-order valence-corrected chi connectivity index (χ0v) is 18.1. The number of hydrogen-bond acceptors (Lipinski definition) is 8. The third-order valence-corrected chi connectivity index (χ3v) is 4.84. The Bertz CT molecular complexity index is 1200. The van der Waals surface area contributed by atoms with Crippen molar-refractivity contribution in [1.29, 1.82) is 0 Å². The molecule has 1 atom stereocenters. The van der Waals surface area contributed by atoms with E-state index in [1.807, 2.05) is 0 Å². The van der Waals surface area contributed by atoms with Gasteiger partial charge in [-0.3, -0.25) is 14.2 Å². The summed E-state index contributed by atoms with van der Waals surface area (Å²) in [6.07, 6.45) is 0.267. The van der Waals surface area contributed by atoms with Crippen molar-refractivity contribution in [2.24, 2.45) is 0 Å². The molecular formula is C20H21ClN4O6. The lowest BCUT2D eigenvalue weighted by molar-refractivity contribution is -0.119. The van der Waals surface area contributed by atoms with Gasteiger partial charge in [0.15, 0.2) is 0 Å². The predicted molar refractivity (Wildman–Crippen MR) is 113 cm³/mol. The van der Waals surface area contributed by atoms with Crippen LogP contribution in [0.25, 0.3) is 11.1 Å². The lowest BCUT2D eigenvalue weighted by Crippen LogP contribution is -2.35. The van der Waals surface area contributed by atoms with Crippen molar-refractivity contribution in [2.75, 3.05) is 19.0 Å². The van der Waals surface area contributed by atoms with Crippen LogP contribution in [0.15, 0.2) is 27.5 Å². The first-order valence-electron chi connectivity index (χ1n) is 9.52. The van der Waals surface area contributed by atoms with E-state index >= 15 is 0 Å². The summed E-state index contributed by atoms with van der Waals surface area (Å²) in [4.78, 5) is 42.7. The molecule has 1 amide bonds. The first-order chi connectivity index (χ1) is 14.8. The van der Waals surface area contributed by atoms with Crippen LogP contribution < -0.4 is 15.6 Å². The van der Waals surface area contributed by atoms with Gasteiger partial charge in [-0.1, -0.05) is 23.7 Å². The van der Waals surface area contributed by atoms with Gasteiger partial charge in [0.25, 0.3) is 11.3 Å². The van der Waals surface area contributed by atoms with E-state index in [9.17, 15) is 14.4 Å². The van der Waals surface area contributed by atoms with Crippen LogP contribution in [-0.2, 0) is 9.53 Å². The highest BCUT2D eigenvalue weighted by Crippen LogP contribution is 2.29. The number of anilines is 1. The highest BCUT2D eigenvalue weighted by atomic mass is 35.5. The summed E-state index contributed by atoms with van der Waals surface area (Å²) in [6.45, 7) is 5.03. The van der Waals surface area contributed by atoms with E-state index in [2.05, 4.69) is 15.5 Å². The lowest BCUT2D eigenvalue weighted by atomic mass is 10.1. The molecule has 11 heteroatoms. The fraction of sp³-hybridized carbons (Fsp3) is 0.350. The molecule has 1 N–H and O–H groups in total. The van der Waals surface area contributed by atoms with Gasteiger partial charge in [-0.05, 0) is 38.5 Å². The second-order valence-corrected chi connectivity index (χ2v) is 6.96. The molecule has 0 aliphatic carbocycles. The van der Waals surface area contributed by atoms with Gasteiger partial charge in [-0.15, -0.1) is 0 Å². The van der Waals surface area contributed by atoms with Crippen LogP contribution >= 0.6 is 11.6 Å². The normalized spacial score (nSPS) is 11.9. The highest BCUT2D eigenvalue weighted by molar-refractivity contribution is 6.31. The predicted octanol–water partition coefficient (Wildman–Crippen LogP) is 3.12. The minimum atomic E-state index is -0.932. The average molecular weight is 449 g/mol. The summed E-state index contributed by atoms with van der Waals surface area (Å²) in [5.74, 6) is -0.654. The maximum Gasteiger partial charge on any atom is 0.361 e. The molecule has 2 heterocycles. The van der Waals surface area contributed by atoms with E-state index in [1.165, 1.54) is 11.7 Å². The smallest absolute Gasteiger partial charge is 0.361 e. The molecule has 164 valence electrons. The van der Waals surface area contributed by atoms with Crippen molar-refractivity contribution in [3.63, 3.8) is 0 Å². The average Bonchev–Trinajstić information content (AvgIpc) is 3.15. The summed E-state index contributed by atoms with van der Waals surface area (Å²) in [6, 6.07) is 3.86. The number of hydrogen-bond donors (Lipinski definition) is 1. The molecule has 0 bridgehead atoms. The van der Waals surface area contributed by atoms with Gasteiger partial charge in [0.2, 0.25) is 11.6 Å². The Balaban J connectivity index is 2.07. The Morgan fingerprint density at radius 2 is 2.06 bits per heavy atom. The van der Waals surface area contributed by atoms with E-state index in [4.69, 9.17) is 25.6 Å². The monoisotopic (exact) mass is 448 g/mol. The maximum absolute atomic E-state index is 13.3. The molecule has 0 aliphatic rings. The van der Waals surface area contributed by atoms with Crippen molar-refractivity contribution < 1.29 is 23.6 Å². The van der Waals surface area contributed by atoms with E-state index in [-0.39, 0.29) is 35.6 Å². The van der Waals surface area contributed by atoms with Crippen LogP contribution in [0, 0.1) is 6.92 Å². The Labute approximate surface area is 182 Å². The second-order valence-electron chi connectivity index (χ2n) is 6.52. The van der Waals surface area contributed by atoms with Crippen molar-refractivity contribution in [3.8, 4) is 5.75 Å². The van der Waals surface area contributed by atoms with Crippen LogP contribution in [0.5, 0.6) is 5.75 Å². The first-order valence-corrected chi connectivity index (χ1v) is 9.90. The number of aromatic nitrogens is 3. The molecule has 1 aromatic carbocycles. The number of rotatable bonds is 7. The molecule has 3 rings (SSSR count). The van der Waals surface area contributed by atoms with Gasteiger partial charge < -0.3 is 19.3 Å². The summed E-state index contributed by atoms with van der Waals surface area (Å²) in [7, 11) is 1.46. The zero-order valence-electron chi connectivity index (χ0n) is 17.4. The minimum absolute atomic E-state index is 0.0993. The molecule has 0 radical (unpaired) electrons. The fourth-order valence-corrected chi connectivity index (χ4v) is 3.38. The van der Waals surface area contributed by atoms with Crippen LogP contribution in [0.3, 0.4) is 0 Å². The minimum Gasteiger partial charge on any atom is -0.495 e. The van der Waals surface area contributed by atoms with Crippen LogP contribution in [0.2, 0.25) is 5.02 Å². The lowest BCUT2D eigenvalue weighted by Gasteiger charge is -2.20. The first kappa shape index (κ1) is 22.3. The van der Waals surface area contributed by atoms with Gasteiger partial charge in [0, 0.05) is 5.02 Å². The quantitative estimate of drug-likeness (QED) is 0.546. The van der Waals surface area contributed by atoms with Crippen LogP contribution in [0.4, 0.5) is 5.69 Å². The second kappa shape index (κ2) is 9.17. The van der Waals surface area contributed by atoms with Gasteiger partial charge >= 0.3 is 5.97 Å². The van der Waals surface area contributed by atoms with Crippen LogP contribution in [0.1, 0.15) is 42.6 Å². The number of fused-ring (bicyclic) bond motifs is 1. The number of ether oxygens (including phenoxy) is 2. The number of carbonyl (C=O) groups excluding carboxylic acids is 2. The van der Waals surface area contributed by atoms with Gasteiger partial charge in [0.1, 0.15) is 23.0 Å². The molecule has 31 heavy (non-hydrogen) atoms. The molecular weight excluding hydrogens is 428 g/mol. The van der Waals surface area contributed by atoms with Crippen molar-refractivity contribution in [2.45, 2.75) is 33.2 Å². The maximum atomic E-state index is 13.3. The van der Waals surface area contributed by atoms with E-state index in [1.54, 1.807) is 39.0 Å². The number of esters is 1. The standard InChI is InChI=1S/C20H21ClN4O6/c1-5-13(17(26)23-12-9-11(21)7-8-14(12)29-4)25-10(3)22-18-15(19(25)27)16(24-31-18)20(28)30-6-2/h7-9,13H,5-6H2,1-4H3,(H,23,26). The molecule has 0 saturated heterocycles. The summed E-state index contributed by atoms with van der Waals surface area (Å²) in [5, 5.41) is 6.63. The SMILES string of the molecule is CCOC(=O)c1noc2nc(C)n(C(CC)C(=O)Nc3cc(Cl)ccc3OC)c(=O)c12. The largest absolute Gasteiger partial charge is 0.495 e. The Morgan fingerprint density at radius 3 is 2.71 bits per heavy atom. The fourth-order valence-electron chi connectivity index (χ4n) is 3.20. The third kappa shape index (κ3) is 4.24. The molecule has 0 aliphatic heterocycles. The van der Waals surface area contributed by atoms with Crippen molar-refractivity contribution >= 4 is 40.3 Å². The van der Waals surface area contributed by atoms with Gasteiger partial charge in [0.05, 0.1) is 19.4 Å². The summed E-state index contributed by atoms with van der Waals surface area (Å²) in [5.41, 5.74) is -0.661. The molecule has 10 nitrogen and oxygen atoms in total. The van der Waals surface area contributed by atoms with Crippen molar-refractivity contribution in [3.05, 3.63) is 45.1 Å². The Kier molecular flexibility index (Phi) is 6.59. The third-order valence-electron chi connectivity index (χ3n) is 4.61. The molecule has 0 spiro atoms. The molecule has 1 unspecified atom stereocenters. The number of aryl methyl sites for hydroxylation is 1. The van der Waals surface area contributed by atoms with E-state index in [0.29, 0.717) is 16.5 Å². The molecule has 2 aromatic heterocycles. The summed E-state index contributed by atoms with van der Waals surface area (Å²) < 4.78 is 16.4. The van der Waals surface area contributed by atoms with E-state index in [0.717, 1.165) is 0 Å². The number of methoxy groups -OCH3 is 1. The number of nitrogens with zero attached hydrogens (tertiary/aromatic N) is 3. The highest BCUT2D eigenvalue weighted by Gasteiger charge is 2.28. The molecule has 0 saturated carbocycles. The number of halogens is 1. The summed E-state index contributed by atoms with van der Waals surface area (Å²) >= 11 is 6.03. The number of benzene rings is 1. The Morgan fingerprint density at radius 1 is 1.32 bits per heavy atom. The van der Waals surface area contributed by atoms with Crippen LogP contribution in [-0.4, -0.2) is 40.3 Å². The molecule has 0 fully saturated rings. The number of amides is 1. The number of nitrogens with one attached hydrogen (secondary N) is 1. The zero-order chi connectivity index (χ0) is 22.7. The molecule has 3 aromatic rings. The van der Waals surface area contributed by atoms with Crippen molar-refractivity contribution in [1.82, 2.24) is 14.7 Å². The number of carbonyl (C=O) groups is 2. The topological polar surface area (TPSA) is 126 Å². The van der Waals surface area contributed by atoms with Gasteiger partial charge in [-0.25, -0.2) is 4.79 Å². The van der Waals surface area contributed by atoms with E-state index < -0.39 is 23.5 Å². The Hall–Kier alpha value is -3.40. The van der Waals surface area contributed by atoms with Gasteiger partial charge in [-0.2, -0.15) is 4.98 Å².